The molecule has 0 saturated heterocycles. The molecule has 2 rings (SSSR count). The van der Waals surface area contributed by atoms with E-state index in [0.717, 1.165) is 18.6 Å². The molecule has 1 aliphatic carbocycles. The van der Waals surface area contributed by atoms with Gasteiger partial charge in [0.25, 0.3) is 5.91 Å². The second-order valence-electron chi connectivity index (χ2n) is 4.75. The van der Waals surface area contributed by atoms with Crippen molar-refractivity contribution in [1.29, 1.82) is 0 Å². The van der Waals surface area contributed by atoms with Gasteiger partial charge in [0.15, 0.2) is 5.69 Å². The van der Waals surface area contributed by atoms with Crippen molar-refractivity contribution >= 4 is 5.91 Å². The molecule has 1 aliphatic rings. The van der Waals surface area contributed by atoms with Gasteiger partial charge in [-0.3, -0.25) is 4.79 Å². The molecule has 1 fully saturated rings. The summed E-state index contributed by atoms with van der Waals surface area (Å²) in [7, 11) is 1.70. The van der Waals surface area contributed by atoms with Crippen molar-refractivity contribution < 1.29 is 14.4 Å². The van der Waals surface area contributed by atoms with Crippen LogP contribution in [0.15, 0.2) is 10.6 Å². The smallest absolute Gasteiger partial charge is 0.275 e. The van der Waals surface area contributed by atoms with E-state index in [0.29, 0.717) is 24.6 Å². The summed E-state index contributed by atoms with van der Waals surface area (Å²) in [5.74, 6) is 1.13. The standard InChI is InChI=1S/C12H18N2O3/c1-8(15)5-6-14(2)12(16)10-7-11(17-13-10)9-3-4-9/h7-9,15H,3-6H2,1-2H3. The summed E-state index contributed by atoms with van der Waals surface area (Å²) in [4.78, 5) is 13.5. The predicted octanol–water partition coefficient (Wildman–Crippen LogP) is 1.39. The van der Waals surface area contributed by atoms with Crippen molar-refractivity contribution in [2.75, 3.05) is 13.6 Å². The molecule has 1 aromatic heterocycles. The number of amides is 1. The van der Waals surface area contributed by atoms with Crippen LogP contribution in [-0.2, 0) is 0 Å². The van der Waals surface area contributed by atoms with E-state index in [1.54, 1.807) is 24.9 Å². The molecule has 1 amide bonds. The van der Waals surface area contributed by atoms with Gasteiger partial charge >= 0.3 is 0 Å². The van der Waals surface area contributed by atoms with E-state index in [4.69, 9.17) is 9.63 Å². The fourth-order valence-electron chi connectivity index (χ4n) is 1.63. The lowest BCUT2D eigenvalue weighted by Crippen LogP contribution is -2.29. The van der Waals surface area contributed by atoms with Crippen LogP contribution < -0.4 is 0 Å². The second-order valence-corrected chi connectivity index (χ2v) is 4.75. The van der Waals surface area contributed by atoms with Gasteiger partial charge in [-0.1, -0.05) is 5.16 Å². The molecule has 17 heavy (non-hydrogen) atoms. The molecular formula is C12H18N2O3. The largest absolute Gasteiger partial charge is 0.393 e. The van der Waals surface area contributed by atoms with Gasteiger partial charge in [0.2, 0.25) is 0 Å². The highest BCUT2D eigenvalue weighted by Gasteiger charge is 2.29. The van der Waals surface area contributed by atoms with Crippen molar-refractivity contribution in [3.63, 3.8) is 0 Å². The molecule has 0 radical (unpaired) electrons. The van der Waals surface area contributed by atoms with Crippen LogP contribution in [0.25, 0.3) is 0 Å². The normalized spacial score (nSPS) is 16.9. The first-order chi connectivity index (χ1) is 8.08. The second kappa shape index (κ2) is 4.87. The van der Waals surface area contributed by atoms with Gasteiger partial charge in [0.1, 0.15) is 5.76 Å². The lowest BCUT2D eigenvalue weighted by Gasteiger charge is -2.16. The minimum absolute atomic E-state index is 0.152. The minimum Gasteiger partial charge on any atom is -0.393 e. The Kier molecular flexibility index (Phi) is 3.47. The predicted molar refractivity (Wildman–Crippen MR) is 61.7 cm³/mol. The number of hydrogen-bond acceptors (Lipinski definition) is 4. The zero-order chi connectivity index (χ0) is 12.4. The molecule has 1 atom stereocenters. The summed E-state index contributed by atoms with van der Waals surface area (Å²) < 4.78 is 5.14. The quantitative estimate of drug-likeness (QED) is 0.842. The third-order valence-electron chi connectivity index (χ3n) is 2.96. The third-order valence-corrected chi connectivity index (χ3v) is 2.96. The Morgan fingerprint density at radius 3 is 3.00 bits per heavy atom. The number of carbonyl (C=O) groups is 1. The van der Waals surface area contributed by atoms with Gasteiger partial charge in [0.05, 0.1) is 6.10 Å². The Morgan fingerprint density at radius 2 is 2.41 bits per heavy atom. The SMILES string of the molecule is CC(O)CCN(C)C(=O)c1cc(C2CC2)on1. The molecule has 0 aromatic carbocycles. The first-order valence-corrected chi connectivity index (χ1v) is 5.98. The molecule has 1 heterocycles. The highest BCUT2D eigenvalue weighted by Crippen LogP contribution is 2.40. The van der Waals surface area contributed by atoms with Crippen LogP contribution in [0.4, 0.5) is 0 Å². The maximum absolute atomic E-state index is 11.9. The van der Waals surface area contributed by atoms with E-state index in [9.17, 15) is 4.79 Å². The van der Waals surface area contributed by atoms with Gasteiger partial charge in [-0.2, -0.15) is 0 Å². The van der Waals surface area contributed by atoms with Crippen molar-refractivity contribution in [3.05, 3.63) is 17.5 Å². The van der Waals surface area contributed by atoms with Crippen LogP contribution in [-0.4, -0.2) is 40.8 Å². The van der Waals surface area contributed by atoms with Crippen LogP contribution in [0, 0.1) is 0 Å². The van der Waals surface area contributed by atoms with Crippen LogP contribution >= 0.6 is 0 Å². The maximum Gasteiger partial charge on any atom is 0.275 e. The molecule has 5 heteroatoms. The third kappa shape index (κ3) is 3.06. The number of nitrogens with zero attached hydrogens (tertiary/aromatic N) is 2. The summed E-state index contributed by atoms with van der Waals surface area (Å²) in [5, 5.41) is 13.0. The summed E-state index contributed by atoms with van der Waals surface area (Å²) in [6, 6.07) is 1.73. The lowest BCUT2D eigenvalue weighted by molar-refractivity contribution is 0.0759. The average Bonchev–Trinajstić information content (AvgIpc) is 3.03. The highest BCUT2D eigenvalue weighted by molar-refractivity contribution is 5.92. The van der Waals surface area contributed by atoms with Crippen molar-refractivity contribution in [1.82, 2.24) is 10.1 Å². The van der Waals surface area contributed by atoms with Gasteiger partial charge in [-0.15, -0.1) is 0 Å². The minimum atomic E-state index is -0.399. The monoisotopic (exact) mass is 238 g/mol. The summed E-state index contributed by atoms with van der Waals surface area (Å²) in [6.07, 6.45) is 2.42. The van der Waals surface area contributed by atoms with Crippen LogP contribution in [0.1, 0.15) is 48.4 Å². The van der Waals surface area contributed by atoms with Gasteiger partial charge in [0, 0.05) is 25.6 Å². The topological polar surface area (TPSA) is 66.6 Å². The van der Waals surface area contributed by atoms with Gasteiger partial charge < -0.3 is 14.5 Å². The van der Waals surface area contributed by atoms with Gasteiger partial charge in [-0.25, -0.2) is 0 Å². The van der Waals surface area contributed by atoms with Crippen LogP contribution in [0.3, 0.4) is 0 Å². The number of rotatable bonds is 5. The van der Waals surface area contributed by atoms with E-state index < -0.39 is 6.10 Å². The number of hydrogen-bond donors (Lipinski definition) is 1. The van der Waals surface area contributed by atoms with E-state index >= 15 is 0 Å². The molecule has 1 N–H and O–H groups in total. The summed E-state index contributed by atoms with van der Waals surface area (Å²) in [5.41, 5.74) is 0.361. The fourth-order valence-corrected chi connectivity index (χ4v) is 1.63. The number of aliphatic hydroxyl groups is 1. The van der Waals surface area contributed by atoms with Crippen molar-refractivity contribution in [2.45, 2.75) is 38.2 Å². The number of aliphatic hydroxyl groups excluding tert-OH is 1. The molecule has 1 aromatic rings. The van der Waals surface area contributed by atoms with E-state index in [1.165, 1.54) is 0 Å². The van der Waals surface area contributed by atoms with Crippen LogP contribution in [0.5, 0.6) is 0 Å². The van der Waals surface area contributed by atoms with E-state index in [1.807, 2.05) is 0 Å². The first-order valence-electron chi connectivity index (χ1n) is 5.98. The van der Waals surface area contributed by atoms with Gasteiger partial charge in [-0.05, 0) is 26.2 Å². The molecule has 0 bridgehead atoms. The molecule has 0 spiro atoms. The Labute approximate surface area is 100 Å². The highest BCUT2D eigenvalue weighted by atomic mass is 16.5. The lowest BCUT2D eigenvalue weighted by atomic mass is 10.2. The Bertz CT molecular complexity index is 396. The Morgan fingerprint density at radius 1 is 1.71 bits per heavy atom. The Hall–Kier alpha value is -1.36. The molecule has 5 nitrogen and oxygen atoms in total. The number of carbonyl (C=O) groups excluding carboxylic acids is 1. The zero-order valence-corrected chi connectivity index (χ0v) is 10.2. The average molecular weight is 238 g/mol. The van der Waals surface area contributed by atoms with Crippen LogP contribution in [0.2, 0.25) is 0 Å². The molecule has 94 valence electrons. The maximum atomic E-state index is 11.9. The fraction of sp³-hybridized carbons (Fsp3) is 0.667. The molecule has 1 saturated carbocycles. The van der Waals surface area contributed by atoms with E-state index in [-0.39, 0.29) is 5.91 Å². The molecular weight excluding hydrogens is 220 g/mol. The van der Waals surface area contributed by atoms with Crippen molar-refractivity contribution in [2.24, 2.45) is 0 Å². The molecule has 0 aliphatic heterocycles. The zero-order valence-electron chi connectivity index (χ0n) is 10.2. The number of aromatic nitrogens is 1. The van der Waals surface area contributed by atoms with Crippen molar-refractivity contribution in [3.8, 4) is 0 Å². The summed E-state index contributed by atoms with van der Waals surface area (Å²) >= 11 is 0. The Balaban J connectivity index is 1.92. The molecule has 1 unspecified atom stereocenters. The first kappa shape index (κ1) is 12.1. The van der Waals surface area contributed by atoms with E-state index in [2.05, 4.69) is 5.16 Å². The summed E-state index contributed by atoms with van der Waals surface area (Å²) in [6.45, 7) is 2.22.